The second kappa shape index (κ2) is 5.49. The van der Waals surface area contributed by atoms with Gasteiger partial charge in [-0.25, -0.2) is 0 Å². The van der Waals surface area contributed by atoms with Crippen LogP contribution in [0.4, 0.5) is 5.69 Å². The Labute approximate surface area is 117 Å². The van der Waals surface area contributed by atoms with Crippen LogP contribution >= 0.6 is 15.9 Å². The van der Waals surface area contributed by atoms with Crippen LogP contribution in [0.5, 0.6) is 5.75 Å². The number of hydrogen-bond acceptors (Lipinski definition) is 3. The molecule has 1 aromatic carbocycles. The monoisotopic (exact) mass is 313 g/mol. The number of methoxy groups -OCH3 is 1. The van der Waals surface area contributed by atoms with Crippen molar-refractivity contribution in [2.75, 3.05) is 19.0 Å². The van der Waals surface area contributed by atoms with Crippen molar-refractivity contribution in [2.24, 2.45) is 0 Å². The van der Waals surface area contributed by atoms with Crippen LogP contribution in [0.15, 0.2) is 22.7 Å². The molecule has 1 fully saturated rings. The Balaban J connectivity index is 1.89. The maximum absolute atomic E-state index is 5.95. The average molecular weight is 314 g/mol. The summed E-state index contributed by atoms with van der Waals surface area (Å²) >= 11 is 3.48. The number of halogens is 1. The summed E-state index contributed by atoms with van der Waals surface area (Å²) < 4.78 is 12.1. The predicted octanol–water partition coefficient (Wildman–Crippen LogP) is 3.83. The lowest BCUT2D eigenvalue weighted by molar-refractivity contribution is -0.00910. The Morgan fingerprint density at radius 2 is 2.28 bits per heavy atom. The van der Waals surface area contributed by atoms with Crippen molar-refractivity contribution in [2.45, 2.75) is 38.4 Å². The zero-order chi connectivity index (χ0) is 13.2. The minimum absolute atomic E-state index is 0.0346. The van der Waals surface area contributed by atoms with Gasteiger partial charge in [0.05, 0.1) is 23.3 Å². The smallest absolute Gasteiger partial charge is 0.133 e. The van der Waals surface area contributed by atoms with E-state index in [-0.39, 0.29) is 5.60 Å². The van der Waals surface area contributed by atoms with Crippen molar-refractivity contribution in [3.8, 4) is 5.75 Å². The molecule has 0 saturated carbocycles. The number of nitrogens with one attached hydrogen (secondary N) is 1. The highest BCUT2D eigenvalue weighted by Crippen LogP contribution is 2.30. The molecule has 4 heteroatoms. The fourth-order valence-electron chi connectivity index (χ4n) is 2.23. The second-order valence-electron chi connectivity index (χ2n) is 5.27. The Kier molecular flexibility index (Phi) is 4.17. The molecule has 3 nitrogen and oxygen atoms in total. The van der Waals surface area contributed by atoms with Crippen molar-refractivity contribution in [1.29, 1.82) is 0 Å². The Morgan fingerprint density at radius 3 is 2.83 bits per heavy atom. The van der Waals surface area contributed by atoms with Crippen LogP contribution in [-0.2, 0) is 4.74 Å². The molecule has 1 aromatic rings. The lowest BCUT2D eigenvalue weighted by Gasteiger charge is -2.20. The summed E-state index contributed by atoms with van der Waals surface area (Å²) in [4.78, 5) is 0. The average Bonchev–Trinajstić information content (AvgIpc) is 2.66. The molecule has 2 rings (SSSR count). The fourth-order valence-corrected chi connectivity index (χ4v) is 2.77. The zero-order valence-electron chi connectivity index (χ0n) is 11.1. The Hall–Kier alpha value is -0.740. The normalized spacial score (nSPS) is 21.9. The molecule has 0 amide bonds. The van der Waals surface area contributed by atoms with E-state index in [0.717, 1.165) is 35.3 Å². The minimum atomic E-state index is 0.0346. The third-order valence-electron chi connectivity index (χ3n) is 3.24. The van der Waals surface area contributed by atoms with Crippen molar-refractivity contribution in [3.63, 3.8) is 0 Å². The molecule has 1 atom stereocenters. The van der Waals surface area contributed by atoms with E-state index in [1.807, 2.05) is 18.2 Å². The fraction of sp³-hybridized carbons (Fsp3) is 0.571. The highest BCUT2D eigenvalue weighted by Gasteiger charge is 2.31. The highest BCUT2D eigenvalue weighted by atomic mass is 79.9. The summed E-state index contributed by atoms with van der Waals surface area (Å²) in [5, 5.41) is 3.41. The van der Waals surface area contributed by atoms with Crippen LogP contribution in [0.25, 0.3) is 0 Å². The molecule has 0 aliphatic carbocycles. The van der Waals surface area contributed by atoms with Crippen LogP contribution < -0.4 is 10.1 Å². The standard InChI is InChI=1S/C14H20BrNO2/c1-14(2)7-6-11(18-14)9-16-10-4-5-13(17-3)12(15)8-10/h4-5,8,11,16H,6-7,9H2,1-3H3. The highest BCUT2D eigenvalue weighted by molar-refractivity contribution is 9.10. The molecular weight excluding hydrogens is 294 g/mol. The molecule has 1 unspecified atom stereocenters. The zero-order valence-corrected chi connectivity index (χ0v) is 12.7. The van der Waals surface area contributed by atoms with Gasteiger partial charge in [0.25, 0.3) is 0 Å². The first-order chi connectivity index (χ1) is 8.50. The van der Waals surface area contributed by atoms with Crippen molar-refractivity contribution in [1.82, 2.24) is 0 Å². The molecule has 0 bridgehead atoms. The van der Waals surface area contributed by atoms with Gasteiger partial charge in [0.1, 0.15) is 5.75 Å². The summed E-state index contributed by atoms with van der Waals surface area (Å²) in [5.74, 6) is 0.846. The molecule has 0 aromatic heterocycles. The van der Waals surface area contributed by atoms with Gasteiger partial charge >= 0.3 is 0 Å². The van der Waals surface area contributed by atoms with Crippen molar-refractivity contribution in [3.05, 3.63) is 22.7 Å². The molecule has 18 heavy (non-hydrogen) atoms. The van der Waals surface area contributed by atoms with Gasteiger partial charge in [0.2, 0.25) is 0 Å². The van der Waals surface area contributed by atoms with Gasteiger partial charge in [0.15, 0.2) is 0 Å². The van der Waals surface area contributed by atoms with E-state index in [1.54, 1.807) is 7.11 Å². The van der Waals surface area contributed by atoms with E-state index in [1.165, 1.54) is 0 Å². The Morgan fingerprint density at radius 1 is 1.50 bits per heavy atom. The van der Waals surface area contributed by atoms with E-state index in [0.29, 0.717) is 6.10 Å². The molecule has 0 radical (unpaired) electrons. The maximum atomic E-state index is 5.95. The Bertz CT molecular complexity index is 420. The number of hydrogen-bond donors (Lipinski definition) is 1. The number of anilines is 1. The van der Waals surface area contributed by atoms with Gasteiger partial charge in [-0.1, -0.05) is 0 Å². The van der Waals surface area contributed by atoms with Gasteiger partial charge in [-0.15, -0.1) is 0 Å². The molecule has 0 spiro atoms. The van der Waals surface area contributed by atoms with E-state index in [4.69, 9.17) is 9.47 Å². The third kappa shape index (κ3) is 3.39. The molecule has 1 aliphatic heterocycles. The molecule has 1 N–H and O–H groups in total. The van der Waals surface area contributed by atoms with Crippen molar-refractivity contribution < 1.29 is 9.47 Å². The first kappa shape index (κ1) is 13.7. The lowest BCUT2D eigenvalue weighted by Crippen LogP contribution is -2.24. The van der Waals surface area contributed by atoms with Gasteiger partial charge in [-0.05, 0) is 60.8 Å². The van der Waals surface area contributed by atoms with Crippen LogP contribution in [-0.4, -0.2) is 25.4 Å². The van der Waals surface area contributed by atoms with E-state index in [9.17, 15) is 0 Å². The van der Waals surface area contributed by atoms with Gasteiger partial charge in [-0.3, -0.25) is 0 Å². The van der Waals surface area contributed by atoms with Gasteiger partial charge < -0.3 is 14.8 Å². The summed E-state index contributed by atoms with van der Waals surface area (Å²) in [6, 6.07) is 5.99. The first-order valence-corrected chi connectivity index (χ1v) is 7.05. The van der Waals surface area contributed by atoms with Crippen LogP contribution in [0.1, 0.15) is 26.7 Å². The second-order valence-corrected chi connectivity index (χ2v) is 6.12. The van der Waals surface area contributed by atoms with E-state index < -0.39 is 0 Å². The number of rotatable bonds is 4. The maximum Gasteiger partial charge on any atom is 0.133 e. The summed E-state index contributed by atoms with van der Waals surface area (Å²) in [6.07, 6.45) is 2.56. The largest absolute Gasteiger partial charge is 0.496 e. The lowest BCUT2D eigenvalue weighted by atomic mass is 10.1. The number of ether oxygens (including phenoxy) is 2. The molecule has 100 valence electrons. The van der Waals surface area contributed by atoms with E-state index in [2.05, 4.69) is 35.1 Å². The molecule has 1 heterocycles. The molecule has 1 saturated heterocycles. The third-order valence-corrected chi connectivity index (χ3v) is 3.86. The summed E-state index contributed by atoms with van der Waals surface area (Å²) in [6.45, 7) is 5.15. The molecule has 1 aliphatic rings. The van der Waals surface area contributed by atoms with Gasteiger partial charge in [-0.2, -0.15) is 0 Å². The van der Waals surface area contributed by atoms with Crippen molar-refractivity contribution >= 4 is 21.6 Å². The SMILES string of the molecule is COc1ccc(NCC2CCC(C)(C)O2)cc1Br. The summed E-state index contributed by atoms with van der Waals surface area (Å²) in [7, 11) is 1.67. The van der Waals surface area contributed by atoms with Crippen LogP contribution in [0.2, 0.25) is 0 Å². The first-order valence-electron chi connectivity index (χ1n) is 6.25. The quantitative estimate of drug-likeness (QED) is 0.916. The van der Waals surface area contributed by atoms with Crippen LogP contribution in [0.3, 0.4) is 0 Å². The van der Waals surface area contributed by atoms with E-state index >= 15 is 0 Å². The number of benzene rings is 1. The van der Waals surface area contributed by atoms with Crippen LogP contribution in [0, 0.1) is 0 Å². The van der Waals surface area contributed by atoms with Gasteiger partial charge in [0, 0.05) is 12.2 Å². The molecular formula is C14H20BrNO2. The predicted molar refractivity (Wildman–Crippen MR) is 77.4 cm³/mol. The minimum Gasteiger partial charge on any atom is -0.496 e. The summed E-state index contributed by atoms with van der Waals surface area (Å²) in [5.41, 5.74) is 1.11. The topological polar surface area (TPSA) is 30.5 Å².